The first-order valence-electron chi connectivity index (χ1n) is 13.1. The maximum Gasteiger partial charge on any atom is 0.343 e. The number of cyclic esters (lactones) is 1. The van der Waals surface area contributed by atoms with Gasteiger partial charge in [-0.05, 0) is 24.1 Å². The van der Waals surface area contributed by atoms with Crippen molar-refractivity contribution in [2.45, 2.75) is 25.5 Å². The van der Waals surface area contributed by atoms with Gasteiger partial charge in [-0.15, -0.1) is 0 Å². The monoisotopic (exact) mass is 530 g/mol. The van der Waals surface area contributed by atoms with Gasteiger partial charge in [0.25, 0.3) is 0 Å². The van der Waals surface area contributed by atoms with Crippen LogP contribution in [0.2, 0.25) is 0 Å². The highest BCUT2D eigenvalue weighted by molar-refractivity contribution is 5.98. The minimum atomic E-state index is -0.590. The number of carbonyl (C=O) groups is 1. The highest BCUT2D eigenvalue weighted by Gasteiger charge is 2.53. The van der Waals surface area contributed by atoms with Gasteiger partial charge in [0, 0.05) is 17.5 Å². The van der Waals surface area contributed by atoms with Crippen LogP contribution >= 0.6 is 0 Å². The molecule has 0 amide bonds. The molecular weight excluding hydrogens is 498 g/mol. The number of carbonyl (C=O) groups excluding carboxylic acids is 1. The van der Waals surface area contributed by atoms with E-state index in [-0.39, 0.29) is 12.8 Å². The summed E-state index contributed by atoms with van der Waals surface area (Å²) in [4.78, 5) is 13.4. The summed E-state index contributed by atoms with van der Waals surface area (Å²) < 4.78 is 36.2. The van der Waals surface area contributed by atoms with Crippen molar-refractivity contribution in [1.82, 2.24) is 0 Å². The fourth-order valence-electron chi connectivity index (χ4n) is 6.36. The number of hydrogen-bond donors (Lipinski definition) is 0. The standard InChI is InChI=1S/C31H32NO7/c1-6-32(3)16-15-19-22(18-11-9-8-10-12-18)29-30(38-17-37-29)28(35-5)23(19)25(32)26-20-13-14-21(34-4)27(36-7-2)24(20)31(33)39-26/h7-14,25-26H,2,6,15-17H2,1,3-5H3/q+1. The van der Waals surface area contributed by atoms with Gasteiger partial charge in [-0.2, -0.15) is 0 Å². The molecule has 3 unspecified atom stereocenters. The van der Waals surface area contributed by atoms with Crippen LogP contribution in [-0.2, 0) is 11.2 Å². The second-order valence-corrected chi connectivity index (χ2v) is 10.1. The first kappa shape index (κ1) is 25.1. The summed E-state index contributed by atoms with van der Waals surface area (Å²) in [5.74, 6) is 2.19. The van der Waals surface area contributed by atoms with Crippen LogP contribution in [0.1, 0.15) is 46.1 Å². The Kier molecular flexibility index (Phi) is 6.14. The molecule has 3 aromatic carbocycles. The van der Waals surface area contributed by atoms with E-state index in [4.69, 9.17) is 28.4 Å². The third-order valence-corrected chi connectivity index (χ3v) is 8.35. The second kappa shape index (κ2) is 9.54. The summed E-state index contributed by atoms with van der Waals surface area (Å²) in [6.45, 7) is 7.61. The second-order valence-electron chi connectivity index (χ2n) is 10.1. The molecule has 0 aromatic heterocycles. The predicted molar refractivity (Wildman–Crippen MR) is 145 cm³/mol. The maximum absolute atomic E-state index is 13.4. The number of hydrogen-bond acceptors (Lipinski definition) is 7. The van der Waals surface area contributed by atoms with E-state index in [9.17, 15) is 4.79 Å². The smallest absolute Gasteiger partial charge is 0.343 e. The van der Waals surface area contributed by atoms with Crippen LogP contribution in [-0.4, -0.2) is 51.6 Å². The number of esters is 1. The summed E-state index contributed by atoms with van der Waals surface area (Å²) >= 11 is 0. The molecule has 3 aliphatic heterocycles. The lowest BCUT2D eigenvalue weighted by atomic mass is 9.80. The molecule has 0 spiro atoms. The summed E-state index contributed by atoms with van der Waals surface area (Å²) in [7, 11) is 5.39. The molecule has 3 aromatic rings. The molecule has 0 radical (unpaired) electrons. The lowest BCUT2D eigenvalue weighted by Crippen LogP contribution is -2.53. The van der Waals surface area contributed by atoms with Gasteiger partial charge in [0.2, 0.25) is 12.5 Å². The van der Waals surface area contributed by atoms with Crippen molar-refractivity contribution in [2.75, 3.05) is 41.1 Å². The minimum absolute atomic E-state index is 0.113. The molecule has 202 valence electrons. The average Bonchev–Trinajstić information content (AvgIpc) is 3.57. The van der Waals surface area contributed by atoms with E-state index >= 15 is 0 Å². The number of rotatable bonds is 7. The summed E-state index contributed by atoms with van der Waals surface area (Å²) in [5.41, 5.74) is 5.24. The summed E-state index contributed by atoms with van der Waals surface area (Å²) in [6.07, 6.45) is 1.50. The Balaban J connectivity index is 1.64. The summed E-state index contributed by atoms with van der Waals surface area (Å²) in [6, 6.07) is 13.6. The molecule has 3 atom stereocenters. The third kappa shape index (κ3) is 3.66. The molecule has 0 aliphatic carbocycles. The number of likely N-dealkylation sites (N-methyl/N-ethyl adjacent to an activating group) is 1. The van der Waals surface area contributed by atoms with E-state index < -0.39 is 12.1 Å². The molecule has 0 bridgehead atoms. The van der Waals surface area contributed by atoms with Crippen LogP contribution in [0.15, 0.2) is 55.3 Å². The van der Waals surface area contributed by atoms with Crippen LogP contribution < -0.4 is 23.7 Å². The number of nitrogens with zero attached hydrogens (tertiary/aromatic N) is 1. The van der Waals surface area contributed by atoms with E-state index in [1.165, 1.54) is 13.4 Å². The summed E-state index contributed by atoms with van der Waals surface area (Å²) in [5, 5.41) is 0. The Labute approximate surface area is 227 Å². The van der Waals surface area contributed by atoms with Crippen molar-refractivity contribution in [3.05, 3.63) is 77.6 Å². The zero-order chi connectivity index (χ0) is 27.3. The molecule has 8 nitrogen and oxygen atoms in total. The maximum atomic E-state index is 13.4. The molecule has 0 saturated heterocycles. The van der Waals surface area contributed by atoms with E-state index in [2.05, 4.69) is 32.7 Å². The number of fused-ring (bicyclic) bond motifs is 3. The van der Waals surface area contributed by atoms with Crippen molar-refractivity contribution in [1.29, 1.82) is 0 Å². The van der Waals surface area contributed by atoms with E-state index in [1.54, 1.807) is 13.2 Å². The molecule has 39 heavy (non-hydrogen) atoms. The first-order chi connectivity index (χ1) is 19.0. The Morgan fingerprint density at radius 2 is 1.79 bits per heavy atom. The highest BCUT2D eigenvalue weighted by atomic mass is 16.7. The Morgan fingerprint density at radius 1 is 1.03 bits per heavy atom. The van der Waals surface area contributed by atoms with E-state index in [0.29, 0.717) is 38.8 Å². The van der Waals surface area contributed by atoms with Crippen molar-refractivity contribution < 1.29 is 37.7 Å². The SMILES string of the molecule is C=COc1c(OC)ccc2c1C(=O)OC2C1c2c(c(-c3ccccc3)c3c(c2OC)OCO3)CC[N+]1(C)CC. The van der Waals surface area contributed by atoms with Crippen LogP contribution in [0, 0.1) is 0 Å². The van der Waals surface area contributed by atoms with Gasteiger partial charge in [-0.3, -0.25) is 0 Å². The first-order valence-corrected chi connectivity index (χ1v) is 13.1. The molecule has 0 N–H and O–H groups in total. The zero-order valence-corrected chi connectivity index (χ0v) is 22.6. The van der Waals surface area contributed by atoms with Crippen LogP contribution in [0.3, 0.4) is 0 Å². The van der Waals surface area contributed by atoms with Crippen molar-refractivity contribution in [2.24, 2.45) is 0 Å². The van der Waals surface area contributed by atoms with Gasteiger partial charge >= 0.3 is 5.97 Å². The predicted octanol–water partition coefficient (Wildman–Crippen LogP) is 5.60. The lowest BCUT2D eigenvalue weighted by molar-refractivity contribution is -0.943. The molecule has 6 rings (SSSR count). The van der Waals surface area contributed by atoms with Crippen LogP contribution in [0.4, 0.5) is 0 Å². The van der Waals surface area contributed by atoms with Crippen molar-refractivity contribution in [3.8, 4) is 39.9 Å². The molecule has 3 heterocycles. The quantitative estimate of drug-likeness (QED) is 0.224. The molecule has 8 heteroatoms. The van der Waals surface area contributed by atoms with E-state index in [0.717, 1.165) is 47.3 Å². The number of quaternary nitrogens is 1. The largest absolute Gasteiger partial charge is 0.493 e. The molecule has 0 saturated carbocycles. The van der Waals surface area contributed by atoms with Gasteiger partial charge in [0.05, 0.1) is 46.2 Å². The van der Waals surface area contributed by atoms with Crippen molar-refractivity contribution >= 4 is 5.97 Å². The minimum Gasteiger partial charge on any atom is -0.493 e. The number of ether oxygens (including phenoxy) is 6. The van der Waals surface area contributed by atoms with E-state index in [1.807, 2.05) is 24.3 Å². The van der Waals surface area contributed by atoms with Crippen LogP contribution in [0.5, 0.6) is 28.7 Å². The Morgan fingerprint density at radius 3 is 2.49 bits per heavy atom. The Bertz CT molecular complexity index is 1470. The zero-order valence-electron chi connectivity index (χ0n) is 22.6. The number of methoxy groups -OCH3 is 2. The molecule has 3 aliphatic rings. The van der Waals surface area contributed by atoms with Gasteiger partial charge < -0.3 is 32.9 Å². The highest BCUT2D eigenvalue weighted by Crippen LogP contribution is 2.60. The molecule has 0 fully saturated rings. The van der Waals surface area contributed by atoms with Gasteiger partial charge in [-0.25, -0.2) is 4.79 Å². The number of benzene rings is 3. The third-order valence-electron chi connectivity index (χ3n) is 8.35. The van der Waals surface area contributed by atoms with Crippen LogP contribution in [0.25, 0.3) is 11.1 Å². The lowest BCUT2D eigenvalue weighted by Gasteiger charge is -2.47. The van der Waals surface area contributed by atoms with Gasteiger partial charge in [-0.1, -0.05) is 43.0 Å². The van der Waals surface area contributed by atoms with Gasteiger partial charge in [0.15, 0.2) is 35.1 Å². The Hall–Kier alpha value is -4.17. The van der Waals surface area contributed by atoms with Gasteiger partial charge in [0.1, 0.15) is 5.56 Å². The topological polar surface area (TPSA) is 72.5 Å². The normalized spacial score (nSPS) is 22.5. The fraction of sp³-hybridized carbons (Fsp3) is 0.323. The van der Waals surface area contributed by atoms with Crippen molar-refractivity contribution in [3.63, 3.8) is 0 Å². The average molecular weight is 531 g/mol. The fourth-order valence-corrected chi connectivity index (χ4v) is 6.36. The molecular formula is C31H32NO7+.